The molecule has 0 aromatic carbocycles. The Morgan fingerprint density at radius 3 is 2.90 bits per heavy atom. The largest absolute Gasteiger partial charge is 0.389 e. The van der Waals surface area contributed by atoms with Gasteiger partial charge in [-0.15, -0.1) is 0 Å². The number of methoxy groups -OCH3 is 1. The summed E-state index contributed by atoms with van der Waals surface area (Å²) in [5.74, 6) is 0. The van der Waals surface area contributed by atoms with Gasteiger partial charge in [0.2, 0.25) is 0 Å². The highest BCUT2D eigenvalue weighted by Crippen LogP contribution is 2.27. The summed E-state index contributed by atoms with van der Waals surface area (Å²) in [7, 11) is 3.60. The van der Waals surface area contributed by atoms with Crippen LogP contribution >= 0.6 is 0 Å². The van der Waals surface area contributed by atoms with Crippen LogP contribution in [0.4, 0.5) is 0 Å². The first-order chi connectivity index (χ1) is 9.69. The van der Waals surface area contributed by atoms with Gasteiger partial charge in [0, 0.05) is 26.4 Å². The Bertz CT molecular complexity index is 388. The normalized spacial score (nSPS) is 18.6. The molecule has 0 saturated heterocycles. The van der Waals surface area contributed by atoms with Gasteiger partial charge in [-0.2, -0.15) is 5.10 Å². The quantitative estimate of drug-likeness (QED) is 0.828. The van der Waals surface area contributed by atoms with Crippen molar-refractivity contribution in [1.29, 1.82) is 0 Å². The number of rotatable bonds is 7. The van der Waals surface area contributed by atoms with Crippen LogP contribution in [-0.4, -0.2) is 53.2 Å². The molecule has 0 bridgehead atoms. The van der Waals surface area contributed by atoms with E-state index in [0.717, 1.165) is 12.2 Å². The molecule has 1 heterocycles. The predicted octanol–water partition coefficient (Wildman–Crippen LogP) is 1.83. The molecule has 1 unspecified atom stereocenters. The summed E-state index contributed by atoms with van der Waals surface area (Å²) in [4.78, 5) is 2.08. The van der Waals surface area contributed by atoms with Crippen LogP contribution in [-0.2, 0) is 11.3 Å². The monoisotopic (exact) mass is 281 g/mol. The summed E-state index contributed by atoms with van der Waals surface area (Å²) in [6.07, 6.45) is 8.18. The fourth-order valence-electron chi connectivity index (χ4n) is 2.96. The molecule has 1 fully saturated rings. The van der Waals surface area contributed by atoms with E-state index < -0.39 is 6.10 Å². The second kappa shape index (κ2) is 7.76. The lowest BCUT2D eigenvalue weighted by Crippen LogP contribution is -2.31. The van der Waals surface area contributed by atoms with Crippen molar-refractivity contribution in [2.75, 3.05) is 27.3 Å². The fraction of sp³-hybridized carbons (Fsp3) is 0.800. The molecule has 0 amide bonds. The highest BCUT2D eigenvalue weighted by molar-refractivity contribution is 5.00. The Morgan fingerprint density at radius 1 is 1.45 bits per heavy atom. The molecule has 1 aliphatic rings. The zero-order chi connectivity index (χ0) is 14.4. The first-order valence-corrected chi connectivity index (χ1v) is 7.58. The van der Waals surface area contributed by atoms with Gasteiger partial charge >= 0.3 is 0 Å². The van der Waals surface area contributed by atoms with Gasteiger partial charge < -0.3 is 9.84 Å². The van der Waals surface area contributed by atoms with E-state index in [2.05, 4.69) is 26.9 Å². The number of likely N-dealkylation sites (N-methyl/N-ethyl adjacent to an activating group) is 1. The number of hydrogen-bond donors (Lipinski definition) is 1. The number of aromatic nitrogens is 2. The third kappa shape index (κ3) is 4.58. The standard InChI is InChI=1S/C15H27N3O2/c1-17(11-15(19)12-20-2)10-13-8-9-18(16-13)14-6-4-3-5-7-14/h8-9,14-15,19H,3-7,10-12H2,1-2H3. The van der Waals surface area contributed by atoms with Crippen molar-refractivity contribution >= 4 is 0 Å². The minimum absolute atomic E-state index is 0.376. The molecule has 1 aromatic rings. The van der Waals surface area contributed by atoms with Crippen LogP contribution in [0.15, 0.2) is 12.3 Å². The molecule has 1 atom stereocenters. The fourth-order valence-corrected chi connectivity index (χ4v) is 2.96. The number of ether oxygens (including phenoxy) is 1. The second-order valence-corrected chi connectivity index (χ2v) is 5.88. The summed E-state index contributed by atoms with van der Waals surface area (Å²) < 4.78 is 7.07. The molecule has 20 heavy (non-hydrogen) atoms. The van der Waals surface area contributed by atoms with E-state index in [9.17, 15) is 5.11 Å². The smallest absolute Gasteiger partial charge is 0.0900 e. The Labute approximate surface area is 121 Å². The van der Waals surface area contributed by atoms with Crippen molar-refractivity contribution in [3.05, 3.63) is 18.0 Å². The van der Waals surface area contributed by atoms with E-state index in [1.165, 1.54) is 32.1 Å². The Balaban J connectivity index is 1.82. The first-order valence-electron chi connectivity index (χ1n) is 7.58. The van der Waals surface area contributed by atoms with E-state index in [0.29, 0.717) is 19.2 Å². The minimum atomic E-state index is -0.439. The van der Waals surface area contributed by atoms with E-state index >= 15 is 0 Å². The highest BCUT2D eigenvalue weighted by Gasteiger charge is 2.16. The summed E-state index contributed by atoms with van der Waals surface area (Å²) in [5, 5.41) is 14.4. The van der Waals surface area contributed by atoms with E-state index in [-0.39, 0.29) is 0 Å². The third-order valence-corrected chi connectivity index (χ3v) is 3.93. The molecule has 0 aliphatic heterocycles. The molecular formula is C15H27N3O2. The van der Waals surface area contributed by atoms with E-state index in [1.54, 1.807) is 7.11 Å². The molecular weight excluding hydrogens is 254 g/mol. The van der Waals surface area contributed by atoms with Crippen molar-refractivity contribution in [1.82, 2.24) is 14.7 Å². The molecule has 0 radical (unpaired) electrons. The molecule has 1 N–H and O–H groups in total. The van der Waals surface area contributed by atoms with Crippen molar-refractivity contribution in [3.63, 3.8) is 0 Å². The highest BCUT2D eigenvalue weighted by atomic mass is 16.5. The zero-order valence-corrected chi connectivity index (χ0v) is 12.7. The minimum Gasteiger partial charge on any atom is -0.389 e. The van der Waals surface area contributed by atoms with Gasteiger partial charge in [0.1, 0.15) is 0 Å². The SMILES string of the molecule is COCC(O)CN(C)Cc1ccn(C2CCCCC2)n1. The maximum Gasteiger partial charge on any atom is 0.0900 e. The van der Waals surface area contributed by atoms with Gasteiger partial charge in [-0.05, 0) is 26.0 Å². The van der Waals surface area contributed by atoms with E-state index in [4.69, 9.17) is 4.74 Å². The Hall–Kier alpha value is -0.910. The lowest BCUT2D eigenvalue weighted by molar-refractivity contribution is 0.0416. The molecule has 114 valence electrons. The predicted molar refractivity (Wildman–Crippen MR) is 78.6 cm³/mol. The summed E-state index contributed by atoms with van der Waals surface area (Å²) >= 11 is 0. The Morgan fingerprint density at radius 2 is 2.20 bits per heavy atom. The van der Waals surface area contributed by atoms with Gasteiger partial charge in [0.25, 0.3) is 0 Å². The first kappa shape index (κ1) is 15.5. The van der Waals surface area contributed by atoms with E-state index in [1.807, 2.05) is 7.05 Å². The number of aliphatic hydroxyl groups is 1. The van der Waals surface area contributed by atoms with Crippen molar-refractivity contribution < 1.29 is 9.84 Å². The second-order valence-electron chi connectivity index (χ2n) is 5.88. The van der Waals surface area contributed by atoms with Gasteiger partial charge in [-0.25, -0.2) is 0 Å². The molecule has 1 saturated carbocycles. The van der Waals surface area contributed by atoms with Crippen LogP contribution in [0.1, 0.15) is 43.8 Å². The lowest BCUT2D eigenvalue weighted by atomic mass is 9.96. The average Bonchev–Trinajstić information content (AvgIpc) is 2.88. The molecule has 5 heteroatoms. The molecule has 5 nitrogen and oxygen atoms in total. The van der Waals surface area contributed by atoms with Crippen LogP contribution in [0.3, 0.4) is 0 Å². The third-order valence-electron chi connectivity index (χ3n) is 3.93. The van der Waals surface area contributed by atoms with Gasteiger partial charge in [0.05, 0.1) is 24.4 Å². The van der Waals surface area contributed by atoms with Crippen molar-refractivity contribution in [2.45, 2.75) is 50.8 Å². The Kier molecular flexibility index (Phi) is 6.01. The summed E-state index contributed by atoms with van der Waals surface area (Å²) in [5.41, 5.74) is 1.07. The molecule has 2 rings (SSSR count). The van der Waals surface area contributed by atoms with Crippen molar-refractivity contribution in [3.8, 4) is 0 Å². The summed E-state index contributed by atoms with van der Waals surface area (Å²) in [6.45, 7) is 1.74. The lowest BCUT2D eigenvalue weighted by Gasteiger charge is -2.22. The van der Waals surface area contributed by atoms with Crippen LogP contribution in [0.25, 0.3) is 0 Å². The zero-order valence-electron chi connectivity index (χ0n) is 12.7. The van der Waals surface area contributed by atoms with Crippen LogP contribution < -0.4 is 0 Å². The molecule has 0 spiro atoms. The maximum absolute atomic E-state index is 9.71. The average molecular weight is 281 g/mol. The number of hydrogen-bond acceptors (Lipinski definition) is 4. The van der Waals surface area contributed by atoms with Crippen LogP contribution in [0.5, 0.6) is 0 Å². The number of nitrogens with zero attached hydrogens (tertiary/aromatic N) is 3. The maximum atomic E-state index is 9.71. The summed E-state index contributed by atoms with van der Waals surface area (Å²) in [6, 6.07) is 2.68. The van der Waals surface area contributed by atoms with Crippen molar-refractivity contribution in [2.24, 2.45) is 0 Å². The number of aliphatic hydroxyl groups excluding tert-OH is 1. The topological polar surface area (TPSA) is 50.5 Å². The molecule has 1 aliphatic carbocycles. The molecule has 1 aromatic heterocycles. The van der Waals surface area contributed by atoms with Crippen LogP contribution in [0, 0.1) is 0 Å². The van der Waals surface area contributed by atoms with Gasteiger partial charge in [-0.3, -0.25) is 9.58 Å². The van der Waals surface area contributed by atoms with Gasteiger partial charge in [0.15, 0.2) is 0 Å². The van der Waals surface area contributed by atoms with Gasteiger partial charge in [-0.1, -0.05) is 19.3 Å². The van der Waals surface area contributed by atoms with Crippen LogP contribution in [0.2, 0.25) is 0 Å².